The minimum atomic E-state index is -0.112. The third-order valence-electron chi connectivity index (χ3n) is 11.2. The molecule has 11 rings (SSSR count). The molecule has 0 radical (unpaired) electrons. The second-order valence-electron chi connectivity index (χ2n) is 14.2. The first-order valence-electron chi connectivity index (χ1n) is 17.4. The Morgan fingerprint density at radius 2 is 1.10 bits per heavy atom. The van der Waals surface area contributed by atoms with Crippen molar-refractivity contribution < 1.29 is 0 Å². The van der Waals surface area contributed by atoms with Gasteiger partial charge in [-0.1, -0.05) is 153 Å². The smallest absolute Gasteiger partial charge is 0.235 e. The molecule has 2 heterocycles. The van der Waals surface area contributed by atoms with Crippen LogP contribution in [0.25, 0.3) is 93.4 Å². The fraction of sp³-hybridized carbons (Fsp3) is 0.0638. The number of fused-ring (bicyclic) bond motifs is 14. The predicted octanol–water partition coefficient (Wildman–Crippen LogP) is 12.2. The van der Waals surface area contributed by atoms with Crippen molar-refractivity contribution in [3.8, 4) is 28.3 Å². The zero-order chi connectivity index (χ0) is 33.1. The number of para-hydroxylation sites is 1. The van der Waals surface area contributed by atoms with Crippen LogP contribution in [0, 0.1) is 0 Å². The van der Waals surface area contributed by atoms with Gasteiger partial charge in [0.25, 0.3) is 0 Å². The van der Waals surface area contributed by atoms with E-state index >= 15 is 0 Å². The van der Waals surface area contributed by atoms with Gasteiger partial charge in [0.05, 0.1) is 22.2 Å². The van der Waals surface area contributed by atoms with Gasteiger partial charge in [-0.25, -0.2) is 9.97 Å². The molecule has 0 N–H and O–H groups in total. The third-order valence-corrected chi connectivity index (χ3v) is 11.2. The summed E-state index contributed by atoms with van der Waals surface area (Å²) in [6, 6.07) is 55.0. The van der Waals surface area contributed by atoms with Crippen LogP contribution in [0.3, 0.4) is 0 Å². The molecule has 0 fully saturated rings. The summed E-state index contributed by atoms with van der Waals surface area (Å²) in [4.78, 5) is 11.0. The van der Waals surface area contributed by atoms with Crippen molar-refractivity contribution >= 4 is 65.0 Å². The average molecular weight is 638 g/mol. The Morgan fingerprint density at radius 1 is 0.460 bits per heavy atom. The van der Waals surface area contributed by atoms with Crippen LogP contribution >= 0.6 is 0 Å². The van der Waals surface area contributed by atoms with Crippen LogP contribution in [0.5, 0.6) is 0 Å². The summed E-state index contributed by atoms with van der Waals surface area (Å²) in [7, 11) is 0. The highest BCUT2D eigenvalue weighted by Crippen LogP contribution is 2.50. The molecule has 0 atom stereocenters. The van der Waals surface area contributed by atoms with Crippen molar-refractivity contribution in [3.63, 3.8) is 0 Å². The number of hydrogen-bond donors (Lipinski definition) is 0. The highest BCUT2D eigenvalue weighted by atomic mass is 15.2. The molecule has 234 valence electrons. The molecular weight excluding hydrogens is 607 g/mol. The highest BCUT2D eigenvalue weighted by molar-refractivity contribution is 6.34. The van der Waals surface area contributed by atoms with Gasteiger partial charge in [-0.15, -0.1) is 0 Å². The third kappa shape index (κ3) is 3.59. The first-order chi connectivity index (χ1) is 24.6. The van der Waals surface area contributed by atoms with Crippen molar-refractivity contribution in [1.82, 2.24) is 14.5 Å². The molecule has 8 aromatic carbocycles. The second kappa shape index (κ2) is 9.87. The summed E-state index contributed by atoms with van der Waals surface area (Å²) >= 11 is 0. The lowest BCUT2D eigenvalue weighted by molar-refractivity contribution is 0.660. The summed E-state index contributed by atoms with van der Waals surface area (Å²) in [5, 5.41) is 10.8. The minimum Gasteiger partial charge on any atom is -0.277 e. The molecule has 10 aromatic rings. The van der Waals surface area contributed by atoms with Crippen LogP contribution < -0.4 is 0 Å². The lowest BCUT2D eigenvalue weighted by Gasteiger charge is -2.22. The quantitative estimate of drug-likeness (QED) is 0.177. The second-order valence-corrected chi connectivity index (χ2v) is 14.2. The molecule has 0 amide bonds. The minimum absolute atomic E-state index is 0.112. The van der Waals surface area contributed by atoms with E-state index in [1.165, 1.54) is 65.3 Å². The highest BCUT2D eigenvalue weighted by Gasteiger charge is 2.35. The first kappa shape index (κ1) is 27.6. The van der Waals surface area contributed by atoms with E-state index in [4.69, 9.17) is 9.97 Å². The standard InChI is InChI=1S/C47H31N3/c1-47(2)39-21-11-9-17-33(39)34-25-24-29(27-40(34)47)43-37-20-10-12-22-41(37)48-46(49-43)50-44-30-14-4-3-13-28(30)23-26-38(44)42-35-18-7-5-15-31(35)32-16-6-8-19-36(32)45(42)50/h3-27H,1-2H3. The van der Waals surface area contributed by atoms with E-state index in [9.17, 15) is 0 Å². The van der Waals surface area contributed by atoms with Gasteiger partial charge in [-0.3, -0.25) is 4.57 Å². The number of aromatic nitrogens is 3. The Hall–Kier alpha value is -6.32. The number of hydrogen-bond acceptors (Lipinski definition) is 2. The van der Waals surface area contributed by atoms with E-state index in [1.807, 2.05) is 0 Å². The van der Waals surface area contributed by atoms with Crippen LogP contribution in [0.1, 0.15) is 25.0 Å². The fourth-order valence-electron chi connectivity index (χ4n) is 8.87. The Morgan fingerprint density at radius 3 is 1.94 bits per heavy atom. The zero-order valence-electron chi connectivity index (χ0n) is 27.8. The SMILES string of the molecule is CC1(C)c2ccccc2-c2ccc(-c3nc(-n4c5c6ccccc6ccc5c5c6ccccc6c6ccccc6c54)nc4ccccc34)cc21. The van der Waals surface area contributed by atoms with Crippen LogP contribution in [-0.2, 0) is 5.41 Å². The molecule has 0 bridgehead atoms. The summed E-state index contributed by atoms with van der Waals surface area (Å²) in [6.07, 6.45) is 0. The van der Waals surface area contributed by atoms with Gasteiger partial charge in [0.2, 0.25) is 5.95 Å². The van der Waals surface area contributed by atoms with Gasteiger partial charge < -0.3 is 0 Å². The van der Waals surface area contributed by atoms with Crippen LogP contribution in [0.2, 0.25) is 0 Å². The number of rotatable bonds is 2. The maximum Gasteiger partial charge on any atom is 0.235 e. The molecule has 1 aliphatic carbocycles. The lowest BCUT2D eigenvalue weighted by atomic mass is 9.82. The molecule has 0 unspecified atom stereocenters. The maximum absolute atomic E-state index is 5.58. The van der Waals surface area contributed by atoms with Crippen molar-refractivity contribution in [2.24, 2.45) is 0 Å². The van der Waals surface area contributed by atoms with Gasteiger partial charge in [0, 0.05) is 37.9 Å². The van der Waals surface area contributed by atoms with Gasteiger partial charge in [-0.05, 0) is 55.9 Å². The molecule has 3 nitrogen and oxygen atoms in total. The van der Waals surface area contributed by atoms with Crippen LogP contribution in [-0.4, -0.2) is 14.5 Å². The lowest BCUT2D eigenvalue weighted by Crippen LogP contribution is -2.15. The molecule has 3 heteroatoms. The van der Waals surface area contributed by atoms with Gasteiger partial charge in [0.1, 0.15) is 0 Å². The van der Waals surface area contributed by atoms with E-state index in [2.05, 4.69) is 170 Å². The first-order valence-corrected chi connectivity index (χ1v) is 17.4. The summed E-state index contributed by atoms with van der Waals surface area (Å²) in [6.45, 7) is 4.67. The molecular formula is C47H31N3. The number of benzene rings is 8. The molecule has 2 aromatic heterocycles. The van der Waals surface area contributed by atoms with Crippen LogP contribution in [0.15, 0.2) is 152 Å². The van der Waals surface area contributed by atoms with Gasteiger partial charge >= 0.3 is 0 Å². The van der Waals surface area contributed by atoms with Crippen molar-refractivity contribution in [1.29, 1.82) is 0 Å². The molecule has 1 aliphatic rings. The molecule has 0 saturated carbocycles. The Labute approximate surface area is 289 Å². The van der Waals surface area contributed by atoms with E-state index in [0.29, 0.717) is 5.95 Å². The van der Waals surface area contributed by atoms with Crippen molar-refractivity contribution in [3.05, 3.63) is 163 Å². The molecule has 0 aliphatic heterocycles. The van der Waals surface area contributed by atoms with Crippen LogP contribution in [0.4, 0.5) is 0 Å². The largest absolute Gasteiger partial charge is 0.277 e. The Balaban J connectivity index is 1.30. The van der Waals surface area contributed by atoms with Crippen molar-refractivity contribution in [2.75, 3.05) is 0 Å². The van der Waals surface area contributed by atoms with E-state index in [1.54, 1.807) is 0 Å². The zero-order valence-corrected chi connectivity index (χ0v) is 27.8. The molecule has 0 saturated heterocycles. The predicted molar refractivity (Wildman–Crippen MR) is 209 cm³/mol. The van der Waals surface area contributed by atoms with E-state index in [0.717, 1.165) is 33.2 Å². The normalized spacial score (nSPS) is 13.6. The fourth-order valence-corrected chi connectivity index (χ4v) is 8.87. The number of nitrogens with zero attached hydrogens (tertiary/aromatic N) is 3. The maximum atomic E-state index is 5.58. The van der Waals surface area contributed by atoms with Crippen molar-refractivity contribution in [2.45, 2.75) is 19.3 Å². The van der Waals surface area contributed by atoms with E-state index < -0.39 is 0 Å². The van der Waals surface area contributed by atoms with Gasteiger partial charge in [0.15, 0.2) is 0 Å². The summed E-state index contributed by atoms with van der Waals surface area (Å²) < 4.78 is 2.35. The Bertz CT molecular complexity index is 3070. The summed E-state index contributed by atoms with van der Waals surface area (Å²) in [5.74, 6) is 0.679. The van der Waals surface area contributed by atoms with E-state index in [-0.39, 0.29) is 5.41 Å². The monoisotopic (exact) mass is 637 g/mol. The topological polar surface area (TPSA) is 30.7 Å². The summed E-state index contributed by atoms with van der Waals surface area (Å²) in [5.41, 5.74) is 10.5. The van der Waals surface area contributed by atoms with Gasteiger partial charge in [-0.2, -0.15) is 0 Å². The average Bonchev–Trinajstić information content (AvgIpc) is 3.64. The molecule has 0 spiro atoms. The Kier molecular flexibility index (Phi) is 5.45. The molecule has 50 heavy (non-hydrogen) atoms.